The molecule has 0 aliphatic carbocycles. The standard InChI is InChI=1S/C13H11Cl2NO3/c1-18-12-7(14)6-8(15)13(19-2)10(12)11(17)9-4-3-5-16-9/h3-6,16H,1-2H3. The molecule has 0 aliphatic rings. The lowest BCUT2D eigenvalue weighted by Crippen LogP contribution is -2.08. The van der Waals surface area contributed by atoms with E-state index in [9.17, 15) is 4.79 Å². The third-order valence-electron chi connectivity index (χ3n) is 2.62. The van der Waals surface area contributed by atoms with Crippen molar-refractivity contribution in [3.05, 3.63) is 45.7 Å². The SMILES string of the molecule is COc1c(Cl)cc(Cl)c(OC)c1C(=O)c1ccc[nH]1. The highest BCUT2D eigenvalue weighted by Gasteiger charge is 2.25. The van der Waals surface area contributed by atoms with E-state index in [-0.39, 0.29) is 32.9 Å². The monoisotopic (exact) mass is 299 g/mol. The lowest BCUT2D eigenvalue weighted by molar-refractivity contribution is 0.102. The molecule has 1 heterocycles. The van der Waals surface area contributed by atoms with Crippen molar-refractivity contribution in [1.29, 1.82) is 0 Å². The predicted octanol–water partition coefficient (Wildman–Crippen LogP) is 3.57. The van der Waals surface area contributed by atoms with Gasteiger partial charge in [-0.25, -0.2) is 0 Å². The maximum Gasteiger partial charge on any atom is 0.216 e. The van der Waals surface area contributed by atoms with Gasteiger partial charge in [0.2, 0.25) is 5.78 Å². The topological polar surface area (TPSA) is 51.3 Å². The molecule has 0 fully saturated rings. The molecule has 0 radical (unpaired) electrons. The van der Waals surface area contributed by atoms with Crippen LogP contribution in [0, 0.1) is 0 Å². The van der Waals surface area contributed by atoms with Crippen molar-refractivity contribution in [1.82, 2.24) is 4.98 Å². The van der Waals surface area contributed by atoms with Crippen LogP contribution >= 0.6 is 23.2 Å². The van der Waals surface area contributed by atoms with E-state index in [4.69, 9.17) is 32.7 Å². The van der Waals surface area contributed by atoms with Crippen LogP contribution in [-0.4, -0.2) is 25.0 Å². The Morgan fingerprint density at radius 2 is 1.74 bits per heavy atom. The van der Waals surface area contributed by atoms with Crippen LogP contribution in [0.1, 0.15) is 16.1 Å². The van der Waals surface area contributed by atoms with Gasteiger partial charge in [0.1, 0.15) is 5.56 Å². The third kappa shape index (κ3) is 2.41. The molecule has 100 valence electrons. The van der Waals surface area contributed by atoms with Crippen LogP contribution in [0.3, 0.4) is 0 Å². The Morgan fingerprint density at radius 3 is 2.16 bits per heavy atom. The quantitative estimate of drug-likeness (QED) is 0.878. The highest BCUT2D eigenvalue weighted by Crippen LogP contribution is 2.41. The van der Waals surface area contributed by atoms with Gasteiger partial charge in [0.25, 0.3) is 0 Å². The zero-order valence-electron chi connectivity index (χ0n) is 10.3. The minimum Gasteiger partial charge on any atom is -0.494 e. The Bertz CT molecular complexity index is 581. The van der Waals surface area contributed by atoms with Crippen LogP contribution in [0.5, 0.6) is 11.5 Å². The third-order valence-corrected chi connectivity index (χ3v) is 3.18. The molecular formula is C13H11Cl2NO3. The Morgan fingerprint density at radius 1 is 1.16 bits per heavy atom. The van der Waals surface area contributed by atoms with E-state index in [2.05, 4.69) is 4.98 Å². The Balaban J connectivity index is 2.69. The summed E-state index contributed by atoms with van der Waals surface area (Å²) in [6, 6.07) is 4.85. The van der Waals surface area contributed by atoms with Crippen LogP contribution in [-0.2, 0) is 0 Å². The summed E-state index contributed by atoms with van der Waals surface area (Å²) in [5.41, 5.74) is 0.597. The summed E-state index contributed by atoms with van der Waals surface area (Å²) in [7, 11) is 2.86. The number of halogens is 2. The average Bonchev–Trinajstić information content (AvgIpc) is 2.91. The number of carbonyl (C=O) groups excluding carboxylic acids is 1. The molecule has 0 amide bonds. The minimum atomic E-state index is -0.303. The molecule has 0 aliphatic heterocycles. The zero-order valence-corrected chi connectivity index (χ0v) is 11.8. The van der Waals surface area contributed by atoms with E-state index in [0.29, 0.717) is 5.69 Å². The van der Waals surface area contributed by atoms with Gasteiger partial charge >= 0.3 is 0 Å². The van der Waals surface area contributed by atoms with Gasteiger partial charge in [-0.3, -0.25) is 4.79 Å². The summed E-state index contributed by atoms with van der Waals surface area (Å²) in [6.45, 7) is 0. The molecule has 1 N–H and O–H groups in total. The summed E-state index contributed by atoms with van der Waals surface area (Å²) in [6.07, 6.45) is 1.65. The first-order chi connectivity index (χ1) is 9.10. The number of ketones is 1. The van der Waals surface area contributed by atoms with Crippen molar-refractivity contribution in [2.24, 2.45) is 0 Å². The number of H-pyrrole nitrogens is 1. The van der Waals surface area contributed by atoms with Crippen LogP contribution in [0.25, 0.3) is 0 Å². The number of methoxy groups -OCH3 is 2. The normalized spacial score (nSPS) is 10.3. The molecule has 19 heavy (non-hydrogen) atoms. The highest BCUT2D eigenvalue weighted by molar-refractivity contribution is 6.38. The molecule has 0 atom stereocenters. The molecular weight excluding hydrogens is 289 g/mol. The maximum absolute atomic E-state index is 12.5. The van der Waals surface area contributed by atoms with Crippen molar-refractivity contribution < 1.29 is 14.3 Å². The highest BCUT2D eigenvalue weighted by atomic mass is 35.5. The number of rotatable bonds is 4. The number of carbonyl (C=O) groups is 1. The maximum atomic E-state index is 12.5. The molecule has 0 saturated carbocycles. The summed E-state index contributed by atoms with van der Waals surface area (Å²) < 4.78 is 10.4. The molecule has 0 saturated heterocycles. The van der Waals surface area contributed by atoms with Crippen LogP contribution in [0.2, 0.25) is 10.0 Å². The van der Waals surface area contributed by atoms with Gasteiger partial charge < -0.3 is 14.5 Å². The van der Waals surface area contributed by atoms with Gasteiger partial charge in [-0.1, -0.05) is 23.2 Å². The second-order valence-corrected chi connectivity index (χ2v) is 4.51. The first-order valence-electron chi connectivity index (χ1n) is 5.38. The molecule has 0 unspecified atom stereocenters. The second kappa shape index (κ2) is 5.55. The van der Waals surface area contributed by atoms with Gasteiger partial charge in [0, 0.05) is 6.20 Å². The summed E-state index contributed by atoms with van der Waals surface area (Å²) in [4.78, 5) is 15.3. The second-order valence-electron chi connectivity index (χ2n) is 3.69. The molecule has 2 aromatic rings. The Kier molecular flexibility index (Phi) is 4.02. The zero-order chi connectivity index (χ0) is 14.0. The van der Waals surface area contributed by atoms with Gasteiger partial charge in [0.15, 0.2) is 11.5 Å². The van der Waals surface area contributed by atoms with Gasteiger partial charge in [0.05, 0.1) is 30.0 Å². The van der Waals surface area contributed by atoms with E-state index in [1.54, 1.807) is 18.3 Å². The smallest absolute Gasteiger partial charge is 0.216 e. The first-order valence-corrected chi connectivity index (χ1v) is 6.13. The fourth-order valence-electron chi connectivity index (χ4n) is 1.80. The van der Waals surface area contributed by atoms with Crippen molar-refractivity contribution in [2.45, 2.75) is 0 Å². The number of hydrogen-bond donors (Lipinski definition) is 1. The summed E-state index contributed by atoms with van der Waals surface area (Å²) in [5, 5.41) is 0.506. The van der Waals surface area contributed by atoms with Gasteiger partial charge in [-0.2, -0.15) is 0 Å². The molecule has 0 spiro atoms. The van der Waals surface area contributed by atoms with Crippen molar-refractivity contribution >= 4 is 29.0 Å². The van der Waals surface area contributed by atoms with E-state index >= 15 is 0 Å². The predicted molar refractivity (Wildman–Crippen MR) is 73.8 cm³/mol. The lowest BCUT2D eigenvalue weighted by atomic mass is 10.1. The molecule has 1 aromatic heterocycles. The number of ether oxygens (including phenoxy) is 2. The number of nitrogens with one attached hydrogen (secondary N) is 1. The number of hydrogen-bond acceptors (Lipinski definition) is 3. The molecule has 6 heteroatoms. The largest absolute Gasteiger partial charge is 0.494 e. The molecule has 4 nitrogen and oxygen atoms in total. The first kappa shape index (κ1) is 13.8. The summed E-state index contributed by atoms with van der Waals surface area (Å²) >= 11 is 12.1. The number of aromatic nitrogens is 1. The lowest BCUT2D eigenvalue weighted by Gasteiger charge is -2.14. The minimum absolute atomic E-state index is 0.199. The van der Waals surface area contributed by atoms with Crippen LogP contribution in [0.4, 0.5) is 0 Å². The van der Waals surface area contributed by atoms with E-state index in [1.165, 1.54) is 20.3 Å². The van der Waals surface area contributed by atoms with Crippen molar-refractivity contribution in [3.8, 4) is 11.5 Å². The number of benzene rings is 1. The van der Waals surface area contributed by atoms with Gasteiger partial charge in [-0.15, -0.1) is 0 Å². The molecule has 1 aromatic carbocycles. The fourth-order valence-corrected chi connectivity index (χ4v) is 2.41. The fraction of sp³-hybridized carbons (Fsp3) is 0.154. The Labute approximate surface area is 120 Å². The van der Waals surface area contributed by atoms with Crippen LogP contribution < -0.4 is 9.47 Å². The van der Waals surface area contributed by atoms with E-state index in [1.807, 2.05) is 0 Å². The average molecular weight is 300 g/mol. The van der Waals surface area contributed by atoms with Gasteiger partial charge in [-0.05, 0) is 18.2 Å². The van der Waals surface area contributed by atoms with E-state index in [0.717, 1.165) is 0 Å². The molecule has 0 bridgehead atoms. The summed E-state index contributed by atoms with van der Waals surface area (Å²) in [5.74, 6) is 0.174. The number of aromatic amines is 1. The van der Waals surface area contributed by atoms with Crippen LogP contribution in [0.15, 0.2) is 24.4 Å². The van der Waals surface area contributed by atoms with Crippen molar-refractivity contribution in [3.63, 3.8) is 0 Å². The van der Waals surface area contributed by atoms with E-state index < -0.39 is 0 Å². The van der Waals surface area contributed by atoms with Crippen molar-refractivity contribution in [2.75, 3.05) is 14.2 Å². The molecule has 2 rings (SSSR count). The Hall–Kier alpha value is -1.65.